The van der Waals surface area contributed by atoms with Gasteiger partial charge in [0.2, 0.25) is 0 Å². The molecule has 35 heavy (non-hydrogen) atoms. The standard InChI is InChI=1S/C26H25N3O6/c1-17-2-4-22-21(12-17)29(26(32)35-22)14-18-3-5-23(33-16-25(30)31)24(13-18)34-20-8-11-28(15-20)19-6-9-27-10-7-19/h2-7,9-10,12-13,20H,8,11,14-16H2,1H3,(H,30,31). The van der Waals surface area contributed by atoms with E-state index in [2.05, 4.69) is 9.88 Å². The molecule has 9 nitrogen and oxygen atoms in total. The van der Waals surface area contributed by atoms with Crippen molar-refractivity contribution in [2.75, 3.05) is 24.6 Å². The van der Waals surface area contributed by atoms with Crippen LogP contribution in [0.5, 0.6) is 11.5 Å². The lowest BCUT2D eigenvalue weighted by molar-refractivity contribution is -0.139. The Morgan fingerprint density at radius 1 is 1.14 bits per heavy atom. The van der Waals surface area contributed by atoms with E-state index in [-0.39, 0.29) is 12.6 Å². The first-order chi connectivity index (χ1) is 17.0. The Kier molecular flexibility index (Phi) is 6.13. The van der Waals surface area contributed by atoms with Gasteiger partial charge in [-0.15, -0.1) is 0 Å². The number of carbonyl (C=O) groups is 1. The first-order valence-electron chi connectivity index (χ1n) is 11.4. The first kappa shape index (κ1) is 22.5. The number of aromatic nitrogens is 2. The van der Waals surface area contributed by atoms with Gasteiger partial charge in [0, 0.05) is 31.0 Å². The number of benzene rings is 2. The number of rotatable bonds is 8. The molecule has 1 N–H and O–H groups in total. The van der Waals surface area contributed by atoms with E-state index in [4.69, 9.17) is 19.0 Å². The van der Waals surface area contributed by atoms with E-state index in [1.807, 2.05) is 31.2 Å². The van der Waals surface area contributed by atoms with Gasteiger partial charge in [0.15, 0.2) is 23.7 Å². The zero-order chi connectivity index (χ0) is 24.4. The molecule has 4 aromatic rings. The van der Waals surface area contributed by atoms with Crippen LogP contribution in [0.3, 0.4) is 0 Å². The molecule has 2 aromatic carbocycles. The summed E-state index contributed by atoms with van der Waals surface area (Å²) in [5, 5.41) is 9.06. The van der Waals surface area contributed by atoms with Gasteiger partial charge in [-0.25, -0.2) is 9.59 Å². The van der Waals surface area contributed by atoms with Gasteiger partial charge >= 0.3 is 11.7 Å². The fraction of sp³-hybridized carbons (Fsp3) is 0.269. The normalized spacial score (nSPS) is 15.5. The lowest BCUT2D eigenvalue weighted by Gasteiger charge is -2.20. The lowest BCUT2D eigenvalue weighted by atomic mass is 10.1. The molecule has 1 atom stereocenters. The average molecular weight is 476 g/mol. The largest absolute Gasteiger partial charge is 0.485 e. The molecule has 5 rings (SSSR count). The number of pyridine rings is 1. The molecular weight excluding hydrogens is 450 g/mol. The van der Waals surface area contributed by atoms with Crippen molar-refractivity contribution in [3.8, 4) is 11.5 Å². The zero-order valence-electron chi connectivity index (χ0n) is 19.2. The fourth-order valence-electron chi connectivity index (χ4n) is 4.30. The van der Waals surface area contributed by atoms with Crippen molar-refractivity contribution >= 4 is 22.8 Å². The molecule has 0 amide bonds. The van der Waals surface area contributed by atoms with E-state index in [0.29, 0.717) is 29.1 Å². The molecule has 3 heterocycles. The Bertz CT molecular complexity index is 1410. The highest BCUT2D eigenvalue weighted by atomic mass is 16.5. The predicted molar refractivity (Wildman–Crippen MR) is 129 cm³/mol. The smallest absolute Gasteiger partial charge is 0.420 e. The summed E-state index contributed by atoms with van der Waals surface area (Å²) in [6, 6.07) is 14.8. The molecule has 1 unspecified atom stereocenters. The minimum atomic E-state index is -1.07. The van der Waals surface area contributed by atoms with Crippen molar-refractivity contribution in [3.05, 3.63) is 82.6 Å². The van der Waals surface area contributed by atoms with Gasteiger partial charge in [0.1, 0.15) is 6.10 Å². The number of carboxylic acids is 1. The Morgan fingerprint density at radius 2 is 1.97 bits per heavy atom. The number of aliphatic carboxylic acids is 1. The maximum atomic E-state index is 12.5. The average Bonchev–Trinajstić information content (AvgIpc) is 3.43. The molecule has 2 aromatic heterocycles. The van der Waals surface area contributed by atoms with Crippen molar-refractivity contribution in [1.82, 2.24) is 9.55 Å². The second-order valence-corrected chi connectivity index (χ2v) is 8.57. The minimum absolute atomic E-state index is 0.106. The van der Waals surface area contributed by atoms with Crippen LogP contribution < -0.4 is 20.1 Å². The Morgan fingerprint density at radius 3 is 2.77 bits per heavy atom. The third-order valence-corrected chi connectivity index (χ3v) is 5.99. The maximum absolute atomic E-state index is 12.5. The van der Waals surface area contributed by atoms with Gasteiger partial charge in [0.25, 0.3) is 0 Å². The molecule has 0 saturated carbocycles. The van der Waals surface area contributed by atoms with E-state index >= 15 is 0 Å². The number of ether oxygens (including phenoxy) is 2. The highest BCUT2D eigenvalue weighted by Crippen LogP contribution is 2.32. The van der Waals surface area contributed by atoms with Crippen LogP contribution >= 0.6 is 0 Å². The molecule has 1 fully saturated rings. The monoisotopic (exact) mass is 475 g/mol. The molecule has 1 aliphatic heterocycles. The minimum Gasteiger partial charge on any atom is -0.485 e. The number of fused-ring (bicyclic) bond motifs is 1. The topological polar surface area (TPSA) is 107 Å². The number of anilines is 1. The second-order valence-electron chi connectivity index (χ2n) is 8.57. The van der Waals surface area contributed by atoms with Crippen molar-refractivity contribution in [1.29, 1.82) is 0 Å². The van der Waals surface area contributed by atoms with Crippen molar-refractivity contribution in [2.45, 2.75) is 26.0 Å². The number of carboxylic acid groups (broad SMARTS) is 1. The van der Waals surface area contributed by atoms with E-state index in [0.717, 1.165) is 29.8 Å². The summed E-state index contributed by atoms with van der Waals surface area (Å²) in [4.78, 5) is 29.9. The summed E-state index contributed by atoms with van der Waals surface area (Å²) in [5.41, 5.74) is 4.14. The Balaban J connectivity index is 1.40. The second kappa shape index (κ2) is 9.54. The zero-order valence-corrected chi connectivity index (χ0v) is 19.2. The summed E-state index contributed by atoms with van der Waals surface area (Å²) in [7, 11) is 0. The molecule has 1 aliphatic rings. The van der Waals surface area contributed by atoms with Crippen LogP contribution in [-0.4, -0.2) is 46.4 Å². The quantitative estimate of drug-likeness (QED) is 0.413. The van der Waals surface area contributed by atoms with E-state index in [1.165, 1.54) is 0 Å². The molecule has 0 aliphatic carbocycles. The third-order valence-electron chi connectivity index (χ3n) is 5.99. The van der Waals surface area contributed by atoms with Crippen LogP contribution in [0, 0.1) is 6.92 Å². The van der Waals surface area contributed by atoms with Crippen LogP contribution in [0.25, 0.3) is 11.1 Å². The summed E-state index contributed by atoms with van der Waals surface area (Å²) >= 11 is 0. The highest BCUT2D eigenvalue weighted by Gasteiger charge is 2.25. The van der Waals surface area contributed by atoms with E-state index in [1.54, 1.807) is 41.2 Å². The third kappa shape index (κ3) is 4.98. The fourth-order valence-corrected chi connectivity index (χ4v) is 4.30. The Labute approximate surface area is 201 Å². The number of hydrogen-bond acceptors (Lipinski definition) is 7. The van der Waals surface area contributed by atoms with Crippen molar-refractivity contribution in [3.63, 3.8) is 0 Å². The molecule has 0 radical (unpaired) electrons. The lowest BCUT2D eigenvalue weighted by Crippen LogP contribution is -2.24. The number of aryl methyl sites for hydroxylation is 1. The van der Waals surface area contributed by atoms with E-state index in [9.17, 15) is 9.59 Å². The SMILES string of the molecule is Cc1ccc2oc(=O)n(Cc3ccc(OCC(=O)O)c(OC4CCN(c5ccncc5)C4)c3)c2c1. The first-order valence-corrected chi connectivity index (χ1v) is 11.4. The number of hydrogen-bond donors (Lipinski definition) is 1. The molecule has 180 valence electrons. The molecule has 9 heteroatoms. The number of nitrogens with zero attached hydrogens (tertiary/aromatic N) is 3. The highest BCUT2D eigenvalue weighted by molar-refractivity contribution is 5.74. The van der Waals surface area contributed by atoms with Gasteiger partial charge in [-0.1, -0.05) is 12.1 Å². The van der Waals surface area contributed by atoms with Crippen LogP contribution in [0.15, 0.2) is 70.1 Å². The molecule has 0 bridgehead atoms. The van der Waals surface area contributed by atoms with Crippen molar-refractivity contribution in [2.24, 2.45) is 0 Å². The van der Waals surface area contributed by atoms with Gasteiger partial charge in [-0.3, -0.25) is 9.55 Å². The van der Waals surface area contributed by atoms with Gasteiger partial charge in [0.05, 0.1) is 18.6 Å². The molecular formula is C26H25N3O6. The summed E-state index contributed by atoms with van der Waals surface area (Å²) < 4.78 is 18.7. The molecule has 0 spiro atoms. The van der Waals surface area contributed by atoms with Crippen molar-refractivity contribution < 1.29 is 23.8 Å². The summed E-state index contributed by atoms with van der Waals surface area (Å²) in [5.74, 6) is -0.722. The van der Waals surface area contributed by atoms with Gasteiger partial charge < -0.3 is 23.9 Å². The Hall–Kier alpha value is -4.27. The summed E-state index contributed by atoms with van der Waals surface area (Å²) in [6.07, 6.45) is 4.21. The van der Waals surface area contributed by atoms with Crippen LogP contribution in [0.1, 0.15) is 17.5 Å². The maximum Gasteiger partial charge on any atom is 0.420 e. The van der Waals surface area contributed by atoms with Crippen LogP contribution in [-0.2, 0) is 11.3 Å². The predicted octanol–water partition coefficient (Wildman–Crippen LogP) is 3.47. The number of oxazole rings is 1. The van der Waals surface area contributed by atoms with Gasteiger partial charge in [-0.2, -0.15) is 0 Å². The summed E-state index contributed by atoms with van der Waals surface area (Å²) in [6.45, 7) is 3.26. The van der Waals surface area contributed by atoms with Gasteiger partial charge in [-0.05, 0) is 54.4 Å². The van der Waals surface area contributed by atoms with Crippen LogP contribution in [0.4, 0.5) is 5.69 Å². The van der Waals surface area contributed by atoms with Crippen LogP contribution in [0.2, 0.25) is 0 Å². The molecule has 1 saturated heterocycles. The van der Waals surface area contributed by atoms with E-state index < -0.39 is 18.3 Å².